The van der Waals surface area contributed by atoms with Gasteiger partial charge in [-0.25, -0.2) is 0 Å². The van der Waals surface area contributed by atoms with Gasteiger partial charge in [0.1, 0.15) is 0 Å². The highest BCUT2D eigenvalue weighted by Crippen LogP contribution is 2.32. The van der Waals surface area contributed by atoms with Crippen molar-refractivity contribution in [2.75, 3.05) is 18.4 Å². The zero-order valence-electron chi connectivity index (χ0n) is 17.2. The quantitative estimate of drug-likeness (QED) is 0.414. The zero-order chi connectivity index (χ0) is 20.7. The average molecular weight is 442 g/mol. The van der Waals surface area contributed by atoms with Crippen LogP contribution in [0.4, 0.5) is 5.69 Å². The number of hydrogen-bond acceptors (Lipinski definition) is 2. The van der Waals surface area contributed by atoms with Gasteiger partial charge in [0.15, 0.2) is 0 Å². The third kappa shape index (κ3) is 7.48. The molecule has 28 heavy (non-hydrogen) atoms. The summed E-state index contributed by atoms with van der Waals surface area (Å²) in [7, 11) is 0. The summed E-state index contributed by atoms with van der Waals surface area (Å²) in [4.78, 5) is 2.51. The lowest BCUT2D eigenvalue weighted by atomic mass is 10.1. The lowest BCUT2D eigenvalue weighted by Crippen LogP contribution is -2.34. The van der Waals surface area contributed by atoms with E-state index in [1.165, 1.54) is 11.1 Å². The van der Waals surface area contributed by atoms with Gasteiger partial charge < -0.3 is 10.2 Å². The van der Waals surface area contributed by atoms with Crippen LogP contribution < -0.4 is 5.32 Å². The fraction of sp³-hybridized carbons (Fsp3) is 0.478. The molecule has 0 aromatic heterocycles. The van der Waals surface area contributed by atoms with Crippen molar-refractivity contribution in [2.45, 2.75) is 59.0 Å². The van der Waals surface area contributed by atoms with E-state index in [0.717, 1.165) is 43.1 Å². The van der Waals surface area contributed by atoms with E-state index in [-0.39, 0.29) is 6.04 Å². The van der Waals surface area contributed by atoms with Crippen molar-refractivity contribution in [2.24, 2.45) is 0 Å². The van der Waals surface area contributed by atoms with Gasteiger partial charge in [-0.1, -0.05) is 46.9 Å². The van der Waals surface area contributed by atoms with Crippen molar-refractivity contribution < 1.29 is 0 Å². The number of nitrogens with one attached hydrogen (secondary N) is 1. The van der Waals surface area contributed by atoms with Crippen LogP contribution in [-0.4, -0.2) is 30.1 Å². The molecular weight excluding hydrogens is 411 g/mol. The molecule has 0 aliphatic rings. The summed E-state index contributed by atoms with van der Waals surface area (Å²) in [6, 6.07) is 13.0. The van der Waals surface area contributed by atoms with E-state index in [4.69, 9.17) is 34.8 Å². The largest absolute Gasteiger partial charge is 0.380 e. The highest BCUT2D eigenvalue weighted by atomic mass is 35.5. The summed E-state index contributed by atoms with van der Waals surface area (Å²) in [5, 5.41) is 5.49. The van der Waals surface area contributed by atoms with Crippen molar-refractivity contribution in [3.8, 4) is 0 Å². The Hall–Kier alpha value is -0.930. The predicted molar refractivity (Wildman–Crippen MR) is 125 cm³/mol. The van der Waals surface area contributed by atoms with Crippen LogP contribution in [0.5, 0.6) is 0 Å². The molecule has 0 amide bonds. The molecule has 0 unspecified atom stereocenters. The molecule has 0 heterocycles. The van der Waals surface area contributed by atoms with Crippen LogP contribution in [-0.2, 0) is 12.8 Å². The highest BCUT2D eigenvalue weighted by molar-refractivity contribution is 6.39. The number of aryl methyl sites for hydroxylation is 1. The Balaban J connectivity index is 1.91. The SMILES string of the molecule is CC(C)Nc1c(Cl)cc(CCN(CCCc2ccc(Cl)cc2)C(C)C)cc1Cl. The Kier molecular flexibility index (Phi) is 9.43. The average Bonchev–Trinajstić information content (AvgIpc) is 2.62. The lowest BCUT2D eigenvalue weighted by Gasteiger charge is -2.26. The van der Waals surface area contributed by atoms with Crippen LogP contribution in [0, 0.1) is 0 Å². The molecule has 0 aliphatic carbocycles. The molecule has 0 radical (unpaired) electrons. The molecule has 0 bridgehead atoms. The Morgan fingerprint density at radius 1 is 0.821 bits per heavy atom. The fourth-order valence-electron chi connectivity index (χ4n) is 3.23. The number of rotatable bonds is 10. The summed E-state index contributed by atoms with van der Waals surface area (Å²) in [5.74, 6) is 0. The van der Waals surface area contributed by atoms with Gasteiger partial charge in [0.05, 0.1) is 15.7 Å². The maximum Gasteiger partial charge on any atom is 0.0721 e. The Morgan fingerprint density at radius 2 is 1.43 bits per heavy atom. The zero-order valence-corrected chi connectivity index (χ0v) is 19.5. The number of benzene rings is 2. The van der Waals surface area contributed by atoms with Crippen molar-refractivity contribution in [3.63, 3.8) is 0 Å². The Bertz CT molecular complexity index is 719. The van der Waals surface area contributed by atoms with Gasteiger partial charge in [-0.2, -0.15) is 0 Å². The Labute approximate surface area is 185 Å². The van der Waals surface area contributed by atoms with Gasteiger partial charge in [-0.05, 0) is 88.9 Å². The van der Waals surface area contributed by atoms with Gasteiger partial charge in [-0.15, -0.1) is 0 Å². The first-order chi connectivity index (χ1) is 13.3. The van der Waals surface area contributed by atoms with Gasteiger partial charge in [0.25, 0.3) is 0 Å². The molecule has 0 fully saturated rings. The summed E-state index contributed by atoms with van der Waals surface area (Å²) in [5.41, 5.74) is 3.33. The third-order valence-corrected chi connectivity index (χ3v) is 5.63. The third-order valence-electron chi connectivity index (χ3n) is 4.78. The van der Waals surface area contributed by atoms with Gasteiger partial charge in [0.2, 0.25) is 0 Å². The van der Waals surface area contributed by atoms with Crippen molar-refractivity contribution in [3.05, 3.63) is 62.6 Å². The predicted octanol–water partition coefficient (Wildman–Crippen LogP) is 7.35. The standard InChI is InChI=1S/C23H31Cl3N2/c1-16(2)27-23-21(25)14-19(15-22(23)26)11-13-28(17(3)4)12-5-6-18-7-9-20(24)10-8-18/h7-10,14-17,27H,5-6,11-13H2,1-4H3. The Morgan fingerprint density at radius 3 is 1.96 bits per heavy atom. The van der Waals surface area contributed by atoms with E-state index in [1.807, 2.05) is 24.3 Å². The van der Waals surface area contributed by atoms with E-state index in [2.05, 4.69) is 50.0 Å². The molecule has 0 saturated heterocycles. The number of anilines is 1. The normalized spacial score (nSPS) is 11.6. The van der Waals surface area contributed by atoms with Crippen molar-refractivity contribution >= 4 is 40.5 Å². The minimum absolute atomic E-state index is 0.290. The summed E-state index contributed by atoms with van der Waals surface area (Å²) < 4.78 is 0. The van der Waals surface area contributed by atoms with Crippen molar-refractivity contribution in [1.29, 1.82) is 0 Å². The highest BCUT2D eigenvalue weighted by Gasteiger charge is 2.13. The first-order valence-electron chi connectivity index (χ1n) is 9.99. The van der Waals surface area contributed by atoms with Crippen LogP contribution in [0.1, 0.15) is 45.2 Å². The molecule has 0 saturated carbocycles. The number of nitrogens with zero attached hydrogens (tertiary/aromatic N) is 1. The maximum atomic E-state index is 6.45. The van der Waals surface area contributed by atoms with E-state index < -0.39 is 0 Å². The molecule has 2 rings (SSSR count). The van der Waals surface area contributed by atoms with Gasteiger partial charge >= 0.3 is 0 Å². The smallest absolute Gasteiger partial charge is 0.0721 e. The van der Waals surface area contributed by atoms with E-state index in [0.29, 0.717) is 16.1 Å². The molecule has 0 aliphatic heterocycles. The minimum Gasteiger partial charge on any atom is -0.380 e. The number of halogens is 3. The second-order valence-corrected chi connectivity index (χ2v) is 9.09. The second-order valence-electron chi connectivity index (χ2n) is 7.84. The van der Waals surface area contributed by atoms with Gasteiger partial charge in [-0.3, -0.25) is 0 Å². The molecule has 1 N–H and O–H groups in total. The van der Waals surface area contributed by atoms with E-state index in [9.17, 15) is 0 Å². The topological polar surface area (TPSA) is 15.3 Å². The molecule has 2 aromatic carbocycles. The first-order valence-corrected chi connectivity index (χ1v) is 11.1. The monoisotopic (exact) mass is 440 g/mol. The molecule has 0 atom stereocenters. The fourth-order valence-corrected chi connectivity index (χ4v) is 4.00. The minimum atomic E-state index is 0.290. The molecule has 2 nitrogen and oxygen atoms in total. The van der Waals surface area contributed by atoms with E-state index in [1.54, 1.807) is 0 Å². The summed E-state index contributed by atoms with van der Waals surface area (Å²) in [6.45, 7) is 10.7. The molecule has 0 spiro atoms. The van der Waals surface area contributed by atoms with Crippen LogP contribution in [0.2, 0.25) is 15.1 Å². The first kappa shape index (κ1) is 23.3. The van der Waals surface area contributed by atoms with Gasteiger partial charge in [0, 0.05) is 23.7 Å². The molecule has 5 heteroatoms. The summed E-state index contributed by atoms with van der Waals surface area (Å²) in [6.07, 6.45) is 3.12. The lowest BCUT2D eigenvalue weighted by molar-refractivity contribution is 0.222. The van der Waals surface area contributed by atoms with Crippen LogP contribution >= 0.6 is 34.8 Å². The second kappa shape index (κ2) is 11.3. The molecular formula is C23H31Cl3N2. The summed E-state index contributed by atoms with van der Waals surface area (Å²) >= 11 is 18.9. The van der Waals surface area contributed by atoms with Crippen LogP contribution in [0.15, 0.2) is 36.4 Å². The molecule has 154 valence electrons. The number of hydrogen-bond donors (Lipinski definition) is 1. The van der Waals surface area contributed by atoms with Crippen LogP contribution in [0.25, 0.3) is 0 Å². The molecule has 2 aromatic rings. The maximum absolute atomic E-state index is 6.45. The van der Waals surface area contributed by atoms with Crippen molar-refractivity contribution in [1.82, 2.24) is 4.90 Å². The van der Waals surface area contributed by atoms with Crippen LogP contribution in [0.3, 0.4) is 0 Å². The van der Waals surface area contributed by atoms with E-state index >= 15 is 0 Å².